The minimum atomic E-state index is 0. The zero-order valence-corrected chi connectivity index (χ0v) is 11.8. The second kappa shape index (κ2) is 7.56. The molecule has 0 fully saturated rings. The van der Waals surface area contributed by atoms with Crippen molar-refractivity contribution >= 4 is 17.4 Å². The number of hydrogen-bond donors (Lipinski definition) is 0. The Balaban J connectivity index is 0.00000169. The SMILES string of the molecule is C[C@@H](Cc1cc[c-]cc1)C(=O)CCl.[Y]. The zero-order valence-electron chi connectivity index (χ0n) is 8.16. The minimum Gasteiger partial charge on any atom is -0.298 e. The molecule has 0 aliphatic carbocycles. The first kappa shape index (κ1) is 14.3. The Morgan fingerprint density at radius 2 is 2.07 bits per heavy atom. The van der Waals surface area contributed by atoms with E-state index in [0.29, 0.717) is 0 Å². The summed E-state index contributed by atoms with van der Waals surface area (Å²) >= 11 is 5.46. The average Bonchev–Trinajstić information content (AvgIpc) is 2.18. The number of hydrogen-bond acceptors (Lipinski definition) is 1. The molecule has 3 heteroatoms. The van der Waals surface area contributed by atoms with Gasteiger partial charge in [-0.3, -0.25) is 4.79 Å². The predicted octanol–water partition coefficient (Wildman–Crippen LogP) is 2.47. The molecule has 0 bridgehead atoms. The first-order chi connectivity index (χ1) is 6.24. The summed E-state index contributed by atoms with van der Waals surface area (Å²) in [6.07, 6.45) is 0.764. The second-order valence-electron chi connectivity index (χ2n) is 3.11. The van der Waals surface area contributed by atoms with Crippen LogP contribution in [0.5, 0.6) is 0 Å². The van der Waals surface area contributed by atoms with Crippen LogP contribution in [0.25, 0.3) is 0 Å². The molecule has 0 aromatic heterocycles. The van der Waals surface area contributed by atoms with Gasteiger partial charge in [0.15, 0.2) is 5.78 Å². The molecule has 0 spiro atoms. The Morgan fingerprint density at radius 1 is 1.50 bits per heavy atom. The topological polar surface area (TPSA) is 17.1 Å². The van der Waals surface area contributed by atoms with Crippen molar-refractivity contribution in [3.8, 4) is 0 Å². The van der Waals surface area contributed by atoms with Crippen LogP contribution in [-0.2, 0) is 43.9 Å². The van der Waals surface area contributed by atoms with Gasteiger partial charge in [0.05, 0.1) is 5.88 Å². The molecule has 0 saturated heterocycles. The van der Waals surface area contributed by atoms with Gasteiger partial charge < -0.3 is 0 Å². The van der Waals surface area contributed by atoms with Crippen molar-refractivity contribution < 1.29 is 37.5 Å². The fraction of sp³-hybridized carbons (Fsp3) is 0.364. The van der Waals surface area contributed by atoms with Gasteiger partial charge in [0.25, 0.3) is 0 Å². The summed E-state index contributed by atoms with van der Waals surface area (Å²) in [5.41, 5.74) is 1.16. The zero-order chi connectivity index (χ0) is 9.68. The van der Waals surface area contributed by atoms with Gasteiger partial charge in [-0.05, 0) is 6.42 Å². The quantitative estimate of drug-likeness (QED) is 0.613. The van der Waals surface area contributed by atoms with Crippen LogP contribution >= 0.6 is 11.6 Å². The van der Waals surface area contributed by atoms with Crippen molar-refractivity contribution in [2.45, 2.75) is 13.3 Å². The Bertz CT molecular complexity index is 274. The third-order valence-corrected chi connectivity index (χ3v) is 2.27. The van der Waals surface area contributed by atoms with E-state index >= 15 is 0 Å². The summed E-state index contributed by atoms with van der Waals surface area (Å²) in [7, 11) is 0. The maximum atomic E-state index is 11.2. The van der Waals surface area contributed by atoms with Crippen molar-refractivity contribution in [2.24, 2.45) is 5.92 Å². The molecule has 1 aromatic carbocycles. The third kappa shape index (κ3) is 4.68. The molecule has 0 N–H and O–H groups in total. The Morgan fingerprint density at radius 3 is 2.57 bits per heavy atom. The van der Waals surface area contributed by atoms with Gasteiger partial charge in [-0.1, -0.05) is 6.92 Å². The van der Waals surface area contributed by atoms with Crippen LogP contribution in [-0.4, -0.2) is 11.7 Å². The number of carbonyl (C=O) groups is 1. The first-order valence-electron chi connectivity index (χ1n) is 4.27. The van der Waals surface area contributed by atoms with Crippen LogP contribution in [0.15, 0.2) is 24.3 Å². The Hall–Kier alpha value is 0.284. The van der Waals surface area contributed by atoms with E-state index in [2.05, 4.69) is 6.07 Å². The van der Waals surface area contributed by atoms with E-state index in [1.165, 1.54) is 0 Å². The van der Waals surface area contributed by atoms with Gasteiger partial charge in [0.2, 0.25) is 0 Å². The molecule has 0 saturated carbocycles. The van der Waals surface area contributed by atoms with Crippen molar-refractivity contribution in [3.63, 3.8) is 0 Å². The molecule has 0 amide bonds. The molecule has 0 heterocycles. The molecule has 1 atom stereocenters. The maximum absolute atomic E-state index is 11.2. The van der Waals surface area contributed by atoms with Gasteiger partial charge in [-0.15, -0.1) is 11.6 Å². The molecule has 14 heavy (non-hydrogen) atoms. The average molecular weight is 285 g/mol. The largest absolute Gasteiger partial charge is 0.298 e. The van der Waals surface area contributed by atoms with E-state index in [1.807, 2.05) is 31.2 Å². The van der Waals surface area contributed by atoms with E-state index in [1.54, 1.807) is 0 Å². The van der Waals surface area contributed by atoms with Crippen molar-refractivity contribution in [1.29, 1.82) is 0 Å². The molecule has 0 aliphatic heterocycles. The van der Waals surface area contributed by atoms with E-state index in [0.717, 1.165) is 12.0 Å². The number of Topliss-reactive ketones (excluding diaryl/α,β-unsaturated/α-hetero) is 1. The molecule has 1 nitrogen and oxygen atoms in total. The first-order valence-corrected chi connectivity index (χ1v) is 4.81. The van der Waals surface area contributed by atoms with E-state index in [-0.39, 0.29) is 50.3 Å². The number of benzene rings is 1. The number of rotatable bonds is 4. The summed E-state index contributed by atoms with van der Waals surface area (Å²) in [6.45, 7) is 1.90. The maximum Gasteiger partial charge on any atom is 0.150 e. The normalized spacial score (nSPS) is 11.6. The molecular formula is C11H12ClOY-. The summed E-state index contributed by atoms with van der Waals surface area (Å²) in [6, 6.07) is 10.6. The smallest absolute Gasteiger partial charge is 0.150 e. The van der Waals surface area contributed by atoms with Gasteiger partial charge >= 0.3 is 0 Å². The third-order valence-electron chi connectivity index (χ3n) is 2.01. The van der Waals surface area contributed by atoms with Gasteiger partial charge in [-0.25, -0.2) is 0 Å². The van der Waals surface area contributed by atoms with Crippen molar-refractivity contribution in [3.05, 3.63) is 35.9 Å². The van der Waals surface area contributed by atoms with Crippen LogP contribution in [0.3, 0.4) is 0 Å². The van der Waals surface area contributed by atoms with Crippen LogP contribution in [0.4, 0.5) is 0 Å². The van der Waals surface area contributed by atoms with E-state index < -0.39 is 0 Å². The molecule has 1 rings (SSSR count). The van der Waals surface area contributed by atoms with Crippen LogP contribution in [0.2, 0.25) is 0 Å². The summed E-state index contributed by atoms with van der Waals surface area (Å²) < 4.78 is 0. The van der Waals surface area contributed by atoms with Crippen LogP contribution in [0, 0.1) is 12.0 Å². The number of alkyl halides is 1. The Kier molecular flexibility index (Phi) is 7.71. The molecule has 1 aromatic rings. The minimum absolute atomic E-state index is 0. The Labute approximate surface area is 115 Å². The molecular weight excluding hydrogens is 272 g/mol. The fourth-order valence-electron chi connectivity index (χ4n) is 1.16. The summed E-state index contributed by atoms with van der Waals surface area (Å²) in [5.74, 6) is 0.231. The molecule has 0 aliphatic rings. The molecule has 73 valence electrons. The van der Waals surface area contributed by atoms with Crippen LogP contribution in [0.1, 0.15) is 12.5 Å². The van der Waals surface area contributed by atoms with Crippen LogP contribution < -0.4 is 0 Å². The van der Waals surface area contributed by atoms with Gasteiger partial charge in [-0.2, -0.15) is 35.9 Å². The standard InChI is InChI=1S/C11H12ClO.Y/c1-9(11(13)8-12)7-10-5-3-2-4-6-10;/h3-6,9H,7-8H2,1H3;/q-1;/t9-;/m0./s1. The monoisotopic (exact) mass is 284 g/mol. The summed E-state index contributed by atoms with van der Waals surface area (Å²) in [4.78, 5) is 11.2. The fourth-order valence-corrected chi connectivity index (χ4v) is 1.42. The van der Waals surface area contributed by atoms with E-state index in [9.17, 15) is 4.79 Å². The van der Waals surface area contributed by atoms with Crippen molar-refractivity contribution in [1.82, 2.24) is 0 Å². The predicted molar refractivity (Wildman–Crippen MR) is 53.9 cm³/mol. The molecule has 1 radical (unpaired) electrons. The number of carbonyl (C=O) groups excluding carboxylic acids is 1. The second-order valence-corrected chi connectivity index (χ2v) is 3.38. The van der Waals surface area contributed by atoms with Gasteiger partial charge in [0, 0.05) is 38.6 Å². The number of ketones is 1. The van der Waals surface area contributed by atoms with Crippen molar-refractivity contribution in [2.75, 3.05) is 5.88 Å². The van der Waals surface area contributed by atoms with Gasteiger partial charge in [0.1, 0.15) is 0 Å². The summed E-state index contributed by atoms with van der Waals surface area (Å²) in [5, 5.41) is 0. The number of halogens is 1. The molecule has 0 unspecified atom stereocenters. The van der Waals surface area contributed by atoms with E-state index in [4.69, 9.17) is 11.6 Å².